The summed E-state index contributed by atoms with van der Waals surface area (Å²) in [5.41, 5.74) is 11.0. The minimum absolute atomic E-state index is 0.231. The first-order valence-electron chi connectivity index (χ1n) is 14.5. The van der Waals surface area contributed by atoms with Crippen LogP contribution in [0, 0.1) is 0 Å². The highest BCUT2D eigenvalue weighted by Crippen LogP contribution is 2.26. The lowest BCUT2D eigenvalue weighted by molar-refractivity contribution is -0.126. The van der Waals surface area contributed by atoms with Gasteiger partial charge in [-0.25, -0.2) is 0 Å². The van der Waals surface area contributed by atoms with Crippen LogP contribution in [0.15, 0.2) is 91.3 Å². The van der Waals surface area contributed by atoms with E-state index in [1.165, 1.54) is 16.5 Å². The minimum atomic E-state index is -1.04. The minimum Gasteiger partial charge on any atom is -0.361 e. The fraction of sp³-hybridized carbons (Fsp3) is 0.265. The Bertz CT molecular complexity index is 1810. The Morgan fingerprint density at radius 1 is 0.833 bits per heavy atom. The van der Waals surface area contributed by atoms with Gasteiger partial charge in [-0.15, -0.1) is 10.2 Å². The average molecular weight is 560 g/mol. The third-order valence-electron chi connectivity index (χ3n) is 7.92. The van der Waals surface area contributed by atoms with Crippen molar-refractivity contribution >= 4 is 27.7 Å². The molecule has 0 fully saturated rings. The second-order valence-corrected chi connectivity index (χ2v) is 11.5. The Balaban J connectivity index is 1.35. The van der Waals surface area contributed by atoms with Crippen LogP contribution in [-0.2, 0) is 37.0 Å². The molecule has 3 aromatic heterocycles. The predicted octanol–water partition coefficient (Wildman–Crippen LogP) is 5.41. The summed E-state index contributed by atoms with van der Waals surface area (Å²) in [7, 11) is 0. The number of nitrogens with one attached hydrogen (secondary N) is 3. The Labute approximate surface area is 245 Å². The lowest BCUT2D eigenvalue weighted by Crippen LogP contribution is -2.50. The van der Waals surface area contributed by atoms with Gasteiger partial charge in [0, 0.05) is 53.6 Å². The number of nitrogens with zero attached hydrogens (tertiary/aromatic N) is 3. The summed E-state index contributed by atoms with van der Waals surface area (Å²) in [5.74, 6) is 1.41. The zero-order valence-electron chi connectivity index (χ0n) is 24.1. The molecule has 0 aliphatic rings. The van der Waals surface area contributed by atoms with Crippen LogP contribution in [0.3, 0.4) is 0 Å². The number of H-pyrrole nitrogens is 2. The first kappa shape index (κ1) is 27.5. The quantitative estimate of drug-likeness (QED) is 0.170. The molecule has 8 nitrogen and oxygen atoms in total. The molecule has 0 unspecified atom stereocenters. The zero-order valence-corrected chi connectivity index (χ0v) is 24.1. The van der Waals surface area contributed by atoms with E-state index in [4.69, 9.17) is 15.9 Å². The lowest BCUT2D eigenvalue weighted by Gasteiger charge is -2.25. The van der Waals surface area contributed by atoms with Gasteiger partial charge in [-0.1, -0.05) is 66.7 Å². The van der Waals surface area contributed by atoms with E-state index >= 15 is 0 Å². The van der Waals surface area contributed by atoms with E-state index < -0.39 is 11.6 Å². The van der Waals surface area contributed by atoms with Gasteiger partial charge in [0.25, 0.3) is 0 Å². The zero-order chi connectivity index (χ0) is 29.1. The van der Waals surface area contributed by atoms with E-state index in [-0.39, 0.29) is 5.91 Å². The SMILES string of the molecule is CC(C)(N)C(=O)N[C@H](Cc1c[nH]c2ccccc12)c1nnc(CCc2c[nH]c3ccccc23)n1CCc1ccccc1. The van der Waals surface area contributed by atoms with Gasteiger partial charge in [0.05, 0.1) is 11.6 Å². The van der Waals surface area contributed by atoms with Gasteiger partial charge in [0.1, 0.15) is 5.82 Å². The van der Waals surface area contributed by atoms with Crippen LogP contribution >= 0.6 is 0 Å². The number of rotatable bonds is 11. The number of fused-ring (bicyclic) bond motifs is 2. The number of benzene rings is 3. The number of aryl methyl sites for hydroxylation is 3. The molecule has 3 heterocycles. The second kappa shape index (κ2) is 11.7. The highest BCUT2D eigenvalue weighted by Gasteiger charge is 2.29. The van der Waals surface area contributed by atoms with Crippen LogP contribution in [0.25, 0.3) is 21.8 Å². The fourth-order valence-electron chi connectivity index (χ4n) is 5.58. The van der Waals surface area contributed by atoms with Crippen molar-refractivity contribution in [2.75, 3.05) is 0 Å². The summed E-state index contributed by atoms with van der Waals surface area (Å²) in [6.07, 6.45) is 7.02. The van der Waals surface area contributed by atoms with Crippen LogP contribution in [-0.4, -0.2) is 36.2 Å². The number of aromatic amines is 2. The van der Waals surface area contributed by atoms with Crippen molar-refractivity contribution < 1.29 is 4.79 Å². The van der Waals surface area contributed by atoms with Crippen LogP contribution in [0.1, 0.15) is 48.2 Å². The van der Waals surface area contributed by atoms with Gasteiger partial charge in [-0.3, -0.25) is 4.79 Å². The van der Waals surface area contributed by atoms with Crippen LogP contribution in [0.4, 0.5) is 0 Å². The van der Waals surface area contributed by atoms with Gasteiger partial charge in [0.15, 0.2) is 5.82 Å². The average Bonchev–Trinajstić information content (AvgIpc) is 3.71. The first-order valence-corrected chi connectivity index (χ1v) is 14.5. The molecule has 1 amide bonds. The molecule has 0 radical (unpaired) electrons. The highest BCUT2D eigenvalue weighted by atomic mass is 16.2. The molecule has 0 spiro atoms. The fourth-order valence-corrected chi connectivity index (χ4v) is 5.58. The standard InChI is InChI=1S/C34H37N7O/c1-34(2,35)33(42)38-30(20-25-22-37-29-15-9-7-13-27(25)29)32-40-39-31(41(32)19-18-23-10-4-3-5-11-23)17-16-24-21-36-28-14-8-6-12-26(24)28/h3-15,21-22,30,36-37H,16-20,35H2,1-2H3,(H,38,42)/t30-/m1/s1. The molecule has 0 aliphatic heterocycles. The van der Waals surface area contributed by atoms with Crippen molar-refractivity contribution in [1.29, 1.82) is 0 Å². The van der Waals surface area contributed by atoms with Crippen LogP contribution in [0.5, 0.6) is 0 Å². The Morgan fingerprint density at radius 2 is 1.45 bits per heavy atom. The topological polar surface area (TPSA) is 117 Å². The van der Waals surface area contributed by atoms with E-state index in [1.54, 1.807) is 13.8 Å². The molecule has 8 heteroatoms. The molecule has 42 heavy (non-hydrogen) atoms. The number of aromatic nitrogens is 5. The molecule has 0 saturated heterocycles. The van der Waals surface area contributed by atoms with Crippen molar-refractivity contribution in [1.82, 2.24) is 30.0 Å². The number of carbonyl (C=O) groups is 1. The summed E-state index contributed by atoms with van der Waals surface area (Å²) in [6, 6.07) is 26.6. The maximum absolute atomic E-state index is 13.2. The van der Waals surface area contributed by atoms with Crippen molar-refractivity contribution in [2.24, 2.45) is 5.73 Å². The number of hydrogen-bond acceptors (Lipinski definition) is 4. The molecule has 214 valence electrons. The monoisotopic (exact) mass is 559 g/mol. The van der Waals surface area contributed by atoms with E-state index in [0.717, 1.165) is 52.9 Å². The number of para-hydroxylation sites is 2. The van der Waals surface area contributed by atoms with E-state index in [2.05, 4.69) is 80.6 Å². The molecule has 3 aromatic carbocycles. The molecular formula is C34H37N7O. The second-order valence-electron chi connectivity index (χ2n) is 11.5. The van der Waals surface area contributed by atoms with Crippen molar-refractivity contribution in [3.05, 3.63) is 120 Å². The third-order valence-corrected chi connectivity index (χ3v) is 7.92. The summed E-state index contributed by atoms with van der Waals surface area (Å²) in [4.78, 5) is 20.0. The van der Waals surface area contributed by atoms with Crippen LogP contribution < -0.4 is 11.1 Å². The van der Waals surface area contributed by atoms with Gasteiger partial charge in [-0.2, -0.15) is 0 Å². The van der Waals surface area contributed by atoms with Crippen molar-refractivity contribution in [2.45, 2.75) is 57.7 Å². The largest absolute Gasteiger partial charge is 0.361 e. The molecule has 0 aliphatic carbocycles. The maximum Gasteiger partial charge on any atom is 0.240 e. The van der Waals surface area contributed by atoms with Gasteiger partial charge in [-0.05, 0) is 55.5 Å². The summed E-state index contributed by atoms with van der Waals surface area (Å²) in [6.45, 7) is 4.14. The Morgan fingerprint density at radius 3 is 2.14 bits per heavy atom. The van der Waals surface area contributed by atoms with Crippen molar-refractivity contribution in [3.8, 4) is 0 Å². The number of amides is 1. The Hall–Kier alpha value is -4.69. The molecule has 6 aromatic rings. The smallest absolute Gasteiger partial charge is 0.240 e. The number of hydrogen-bond donors (Lipinski definition) is 4. The molecule has 5 N–H and O–H groups in total. The molecule has 0 bridgehead atoms. The lowest BCUT2D eigenvalue weighted by atomic mass is 10.0. The number of carbonyl (C=O) groups excluding carboxylic acids is 1. The molecule has 1 atom stereocenters. The normalized spacial score (nSPS) is 12.6. The molecule has 0 saturated carbocycles. The molecule has 6 rings (SSSR count). The van der Waals surface area contributed by atoms with E-state index in [9.17, 15) is 4.79 Å². The molecular weight excluding hydrogens is 522 g/mol. The third kappa shape index (κ3) is 5.85. The maximum atomic E-state index is 13.2. The summed E-state index contributed by atoms with van der Waals surface area (Å²) < 4.78 is 2.20. The number of nitrogens with two attached hydrogens (primary N) is 1. The van der Waals surface area contributed by atoms with Gasteiger partial charge < -0.3 is 25.6 Å². The highest BCUT2D eigenvalue weighted by molar-refractivity contribution is 5.86. The first-order chi connectivity index (χ1) is 20.4. The Kier molecular flexibility index (Phi) is 7.63. The van der Waals surface area contributed by atoms with Crippen molar-refractivity contribution in [3.63, 3.8) is 0 Å². The van der Waals surface area contributed by atoms with E-state index in [1.807, 2.05) is 30.5 Å². The predicted molar refractivity (Wildman–Crippen MR) is 167 cm³/mol. The van der Waals surface area contributed by atoms with Gasteiger partial charge >= 0.3 is 0 Å². The summed E-state index contributed by atoms with van der Waals surface area (Å²) >= 11 is 0. The van der Waals surface area contributed by atoms with E-state index in [0.29, 0.717) is 13.0 Å². The van der Waals surface area contributed by atoms with Crippen LogP contribution in [0.2, 0.25) is 0 Å². The van der Waals surface area contributed by atoms with Gasteiger partial charge in [0.2, 0.25) is 5.91 Å². The summed E-state index contributed by atoms with van der Waals surface area (Å²) in [5, 5.41) is 15.0.